The van der Waals surface area contributed by atoms with E-state index in [2.05, 4.69) is 0 Å². The molecule has 7 heteroatoms. The smallest absolute Gasteiger partial charge is 0.244 e. The standard InChI is InChI=1S/C14H17FN2O3S/c1-20-10-11-5-7-17(8-6-11)21(18,19)14-4-2-3-13(15)12(14)9-16/h2-4,11H,5-8,10H2,1H3. The molecule has 0 radical (unpaired) electrons. The molecule has 5 nitrogen and oxygen atoms in total. The Morgan fingerprint density at radius 2 is 2.10 bits per heavy atom. The number of hydrogen-bond acceptors (Lipinski definition) is 4. The summed E-state index contributed by atoms with van der Waals surface area (Å²) < 4.78 is 45.1. The lowest BCUT2D eigenvalue weighted by Crippen LogP contribution is -2.39. The number of nitrogens with zero attached hydrogens (tertiary/aromatic N) is 2. The fourth-order valence-electron chi connectivity index (χ4n) is 2.52. The topological polar surface area (TPSA) is 70.4 Å². The summed E-state index contributed by atoms with van der Waals surface area (Å²) in [7, 11) is -2.22. The second kappa shape index (κ2) is 6.52. The van der Waals surface area contributed by atoms with Gasteiger partial charge in [-0.15, -0.1) is 0 Å². The molecule has 0 amide bonds. The summed E-state index contributed by atoms with van der Waals surface area (Å²) in [5.41, 5.74) is -0.420. The lowest BCUT2D eigenvalue weighted by atomic mass is 9.99. The van der Waals surface area contributed by atoms with Gasteiger partial charge in [0.15, 0.2) is 0 Å². The zero-order valence-electron chi connectivity index (χ0n) is 11.8. The largest absolute Gasteiger partial charge is 0.384 e. The first kappa shape index (κ1) is 15.9. The molecule has 0 bridgehead atoms. The Bertz CT molecular complexity index is 647. The van der Waals surface area contributed by atoms with E-state index in [1.807, 2.05) is 0 Å². The highest BCUT2D eigenvalue weighted by Gasteiger charge is 2.31. The number of halogens is 1. The van der Waals surface area contributed by atoms with Crippen molar-refractivity contribution in [1.29, 1.82) is 5.26 Å². The van der Waals surface area contributed by atoms with Gasteiger partial charge in [0, 0.05) is 26.8 Å². The summed E-state index contributed by atoms with van der Waals surface area (Å²) >= 11 is 0. The van der Waals surface area contributed by atoms with E-state index in [1.165, 1.54) is 16.4 Å². The van der Waals surface area contributed by atoms with Crippen LogP contribution in [-0.4, -0.2) is 39.5 Å². The molecule has 0 N–H and O–H groups in total. The number of sulfonamides is 1. The SMILES string of the molecule is COCC1CCN(S(=O)(=O)c2cccc(F)c2C#N)CC1. The van der Waals surface area contributed by atoms with Crippen LogP contribution in [0.1, 0.15) is 18.4 Å². The zero-order chi connectivity index (χ0) is 15.5. The van der Waals surface area contributed by atoms with E-state index in [4.69, 9.17) is 10.00 Å². The molecule has 0 unspecified atom stereocenters. The van der Waals surface area contributed by atoms with E-state index < -0.39 is 21.4 Å². The molecule has 0 aromatic heterocycles. The first-order chi connectivity index (χ1) is 10.0. The monoisotopic (exact) mass is 312 g/mol. The average molecular weight is 312 g/mol. The van der Waals surface area contributed by atoms with Gasteiger partial charge in [-0.3, -0.25) is 0 Å². The molecule has 0 aliphatic carbocycles. The third-order valence-corrected chi connectivity index (χ3v) is 5.62. The fraction of sp³-hybridized carbons (Fsp3) is 0.500. The van der Waals surface area contributed by atoms with Gasteiger partial charge in [0.1, 0.15) is 22.3 Å². The lowest BCUT2D eigenvalue weighted by Gasteiger charge is -2.31. The van der Waals surface area contributed by atoms with E-state index in [0.717, 1.165) is 6.07 Å². The minimum Gasteiger partial charge on any atom is -0.384 e. The quantitative estimate of drug-likeness (QED) is 0.849. The molecule has 1 aromatic carbocycles. The lowest BCUT2D eigenvalue weighted by molar-refractivity contribution is 0.121. The number of benzene rings is 1. The summed E-state index contributed by atoms with van der Waals surface area (Å²) in [4.78, 5) is -0.254. The number of hydrogen-bond donors (Lipinski definition) is 0. The number of methoxy groups -OCH3 is 1. The highest BCUT2D eigenvalue weighted by atomic mass is 32.2. The Balaban J connectivity index is 2.25. The van der Waals surface area contributed by atoms with Gasteiger partial charge >= 0.3 is 0 Å². The zero-order valence-corrected chi connectivity index (χ0v) is 12.6. The van der Waals surface area contributed by atoms with Crippen molar-refractivity contribution in [3.8, 4) is 6.07 Å². The van der Waals surface area contributed by atoms with Gasteiger partial charge in [-0.05, 0) is 30.9 Å². The average Bonchev–Trinajstić information content (AvgIpc) is 2.48. The maximum absolute atomic E-state index is 13.6. The van der Waals surface area contributed by atoms with Crippen molar-refractivity contribution in [2.45, 2.75) is 17.7 Å². The molecule has 1 aromatic rings. The molecule has 114 valence electrons. The molecule has 1 aliphatic rings. The third kappa shape index (κ3) is 3.23. The van der Waals surface area contributed by atoms with Gasteiger partial charge in [-0.1, -0.05) is 6.07 Å². The van der Waals surface area contributed by atoms with E-state index in [9.17, 15) is 12.8 Å². The molecular weight excluding hydrogens is 295 g/mol. The van der Waals surface area contributed by atoms with Crippen LogP contribution < -0.4 is 0 Å². The van der Waals surface area contributed by atoms with E-state index >= 15 is 0 Å². The summed E-state index contributed by atoms with van der Waals surface area (Å²) in [6.07, 6.45) is 1.40. The van der Waals surface area contributed by atoms with Crippen molar-refractivity contribution in [2.24, 2.45) is 5.92 Å². The fourth-order valence-corrected chi connectivity index (χ4v) is 4.14. The number of ether oxygens (including phenoxy) is 1. The van der Waals surface area contributed by atoms with Crippen molar-refractivity contribution in [3.05, 3.63) is 29.6 Å². The molecule has 1 heterocycles. The Hall–Kier alpha value is -1.49. The third-order valence-electron chi connectivity index (χ3n) is 3.68. The predicted octanol–water partition coefficient (Wildman–Crippen LogP) is 1.74. The van der Waals surface area contributed by atoms with Crippen molar-refractivity contribution in [3.63, 3.8) is 0 Å². The van der Waals surface area contributed by atoms with Crippen molar-refractivity contribution < 1.29 is 17.5 Å². The van der Waals surface area contributed by atoms with Crippen LogP contribution in [0, 0.1) is 23.1 Å². The molecule has 0 saturated carbocycles. The van der Waals surface area contributed by atoms with Crippen LogP contribution in [0.4, 0.5) is 4.39 Å². The molecule has 1 fully saturated rings. The molecule has 1 aliphatic heterocycles. The van der Waals surface area contributed by atoms with Crippen LogP contribution in [0.5, 0.6) is 0 Å². The van der Waals surface area contributed by atoms with Crippen LogP contribution in [0.15, 0.2) is 23.1 Å². The number of piperidine rings is 1. The second-order valence-corrected chi connectivity index (χ2v) is 6.93. The van der Waals surface area contributed by atoms with Gasteiger partial charge in [-0.2, -0.15) is 9.57 Å². The van der Waals surface area contributed by atoms with Crippen molar-refractivity contribution in [2.75, 3.05) is 26.8 Å². The van der Waals surface area contributed by atoms with Crippen LogP contribution >= 0.6 is 0 Å². The van der Waals surface area contributed by atoms with Gasteiger partial charge in [0.25, 0.3) is 0 Å². The number of nitriles is 1. The van der Waals surface area contributed by atoms with Crippen molar-refractivity contribution in [1.82, 2.24) is 4.31 Å². The maximum Gasteiger partial charge on any atom is 0.244 e. The molecule has 21 heavy (non-hydrogen) atoms. The summed E-state index contributed by atoms with van der Waals surface area (Å²) in [6.45, 7) is 1.33. The van der Waals surface area contributed by atoms with E-state index in [1.54, 1.807) is 13.2 Å². The molecule has 0 atom stereocenters. The molecule has 1 saturated heterocycles. The molecule has 2 rings (SSSR count). The van der Waals surface area contributed by atoms with Gasteiger partial charge in [0.2, 0.25) is 10.0 Å². The Labute approximate surface area is 124 Å². The van der Waals surface area contributed by atoms with Crippen molar-refractivity contribution >= 4 is 10.0 Å². The summed E-state index contributed by atoms with van der Waals surface area (Å²) in [5.74, 6) is -0.475. The van der Waals surface area contributed by atoms with Gasteiger partial charge in [-0.25, -0.2) is 12.8 Å². The van der Waals surface area contributed by atoms with Crippen LogP contribution in [0.25, 0.3) is 0 Å². The highest BCUT2D eigenvalue weighted by molar-refractivity contribution is 7.89. The second-order valence-electron chi connectivity index (χ2n) is 5.03. The Morgan fingerprint density at radius 1 is 1.43 bits per heavy atom. The molecular formula is C14H17FN2O3S. The van der Waals surface area contributed by atoms with Gasteiger partial charge < -0.3 is 4.74 Å². The highest BCUT2D eigenvalue weighted by Crippen LogP contribution is 2.26. The minimum absolute atomic E-state index is 0.254. The summed E-state index contributed by atoms with van der Waals surface area (Å²) in [5, 5.41) is 8.98. The van der Waals surface area contributed by atoms with Crippen LogP contribution in [0.2, 0.25) is 0 Å². The number of rotatable bonds is 4. The normalized spacial score (nSPS) is 17.6. The van der Waals surface area contributed by atoms with E-state index in [-0.39, 0.29) is 4.90 Å². The molecule has 0 spiro atoms. The maximum atomic E-state index is 13.6. The van der Waals surface area contributed by atoms with Gasteiger partial charge in [0.05, 0.1) is 0 Å². The first-order valence-corrected chi connectivity index (χ1v) is 8.12. The summed E-state index contributed by atoms with van der Waals surface area (Å²) in [6, 6.07) is 5.31. The van der Waals surface area contributed by atoms with Crippen LogP contribution in [-0.2, 0) is 14.8 Å². The first-order valence-electron chi connectivity index (χ1n) is 6.68. The van der Waals surface area contributed by atoms with E-state index in [0.29, 0.717) is 38.5 Å². The Morgan fingerprint density at radius 3 is 2.67 bits per heavy atom. The van der Waals surface area contributed by atoms with Crippen LogP contribution in [0.3, 0.4) is 0 Å². The minimum atomic E-state index is -3.84. The Kier molecular flexibility index (Phi) is 4.93. The predicted molar refractivity (Wildman–Crippen MR) is 74.5 cm³/mol.